The van der Waals surface area contributed by atoms with E-state index in [0.717, 1.165) is 25.9 Å². The highest BCUT2D eigenvalue weighted by Crippen LogP contribution is 2.43. The molecule has 2 aliphatic rings. The lowest BCUT2D eigenvalue weighted by Gasteiger charge is -2.39. The van der Waals surface area contributed by atoms with Crippen LogP contribution in [-0.2, 0) is 9.53 Å². The molecule has 0 aromatic carbocycles. The molecule has 1 spiro atoms. The summed E-state index contributed by atoms with van der Waals surface area (Å²) in [5, 5.41) is 0. The highest BCUT2D eigenvalue weighted by molar-refractivity contribution is 8.13. The number of esters is 1. The van der Waals surface area contributed by atoms with Crippen LogP contribution in [0.3, 0.4) is 0 Å². The van der Waals surface area contributed by atoms with Gasteiger partial charge in [0, 0.05) is 0 Å². The van der Waals surface area contributed by atoms with Crippen molar-refractivity contribution < 1.29 is 9.53 Å². The fraction of sp³-hybridized carbons (Fsp3) is 0.818. The molecule has 0 aliphatic carbocycles. The SMILES string of the molecule is CCOC(=O)C1N=CSC12CCN(C)CC2. The number of thioether (sulfide) groups is 1. The highest BCUT2D eigenvalue weighted by Gasteiger charge is 2.48. The largest absolute Gasteiger partial charge is 0.464 e. The minimum Gasteiger partial charge on any atom is -0.464 e. The van der Waals surface area contributed by atoms with E-state index in [0.29, 0.717) is 6.61 Å². The zero-order valence-electron chi connectivity index (χ0n) is 9.81. The van der Waals surface area contributed by atoms with Crippen LogP contribution in [0.15, 0.2) is 4.99 Å². The zero-order chi connectivity index (χ0) is 11.6. The minimum absolute atomic E-state index is 0.0290. The first-order valence-electron chi connectivity index (χ1n) is 5.72. The smallest absolute Gasteiger partial charge is 0.332 e. The third-order valence-electron chi connectivity index (χ3n) is 3.34. The van der Waals surface area contributed by atoms with Gasteiger partial charge in [-0.15, -0.1) is 11.8 Å². The van der Waals surface area contributed by atoms with Crippen LogP contribution in [0.5, 0.6) is 0 Å². The Labute approximate surface area is 100 Å². The van der Waals surface area contributed by atoms with Crippen LogP contribution in [0.1, 0.15) is 19.8 Å². The van der Waals surface area contributed by atoms with Gasteiger partial charge in [-0.2, -0.15) is 0 Å². The third-order valence-corrected chi connectivity index (χ3v) is 4.67. The monoisotopic (exact) mass is 242 g/mol. The van der Waals surface area contributed by atoms with Gasteiger partial charge in [0.1, 0.15) is 0 Å². The average Bonchev–Trinajstić information content (AvgIpc) is 2.67. The molecule has 1 atom stereocenters. The molecule has 0 radical (unpaired) electrons. The summed E-state index contributed by atoms with van der Waals surface area (Å²) in [5.41, 5.74) is 1.83. The normalized spacial score (nSPS) is 28.5. The molecule has 4 nitrogen and oxygen atoms in total. The van der Waals surface area contributed by atoms with Crippen LogP contribution in [-0.4, -0.2) is 53.9 Å². The van der Waals surface area contributed by atoms with Crippen molar-refractivity contribution in [1.29, 1.82) is 0 Å². The van der Waals surface area contributed by atoms with Gasteiger partial charge in [0.05, 0.1) is 16.9 Å². The van der Waals surface area contributed by atoms with Gasteiger partial charge >= 0.3 is 5.97 Å². The first-order chi connectivity index (χ1) is 7.68. The van der Waals surface area contributed by atoms with Gasteiger partial charge in [0.25, 0.3) is 0 Å². The molecule has 16 heavy (non-hydrogen) atoms. The number of rotatable bonds is 2. The van der Waals surface area contributed by atoms with Crippen LogP contribution in [0.2, 0.25) is 0 Å². The maximum absolute atomic E-state index is 11.8. The number of hydrogen-bond acceptors (Lipinski definition) is 5. The standard InChI is InChI=1S/C11H18N2O2S/c1-3-15-10(14)9-11(16-8-12-9)4-6-13(2)7-5-11/h8-9H,3-7H2,1-2H3. The Morgan fingerprint density at radius 2 is 2.31 bits per heavy atom. The number of carbonyl (C=O) groups excluding carboxylic acids is 1. The summed E-state index contributed by atoms with van der Waals surface area (Å²) < 4.78 is 5.07. The number of carbonyl (C=O) groups is 1. The molecule has 2 aliphatic heterocycles. The van der Waals surface area contributed by atoms with Crippen LogP contribution < -0.4 is 0 Å². The number of aliphatic imine (C=N–C) groups is 1. The maximum Gasteiger partial charge on any atom is 0.332 e. The lowest BCUT2D eigenvalue weighted by atomic mass is 9.88. The summed E-state index contributed by atoms with van der Waals surface area (Å²) in [6.45, 7) is 4.34. The molecule has 1 unspecified atom stereocenters. The predicted octanol–water partition coefficient (Wildman–Crippen LogP) is 1.16. The van der Waals surface area contributed by atoms with Crippen molar-refractivity contribution in [1.82, 2.24) is 4.90 Å². The molecule has 0 bridgehead atoms. The number of nitrogens with zero attached hydrogens (tertiary/aromatic N) is 2. The molecular weight excluding hydrogens is 224 g/mol. The van der Waals surface area contributed by atoms with E-state index in [1.807, 2.05) is 12.5 Å². The molecule has 2 heterocycles. The maximum atomic E-state index is 11.8. The molecule has 0 N–H and O–H groups in total. The summed E-state index contributed by atoms with van der Waals surface area (Å²) in [6, 6.07) is -0.286. The predicted molar refractivity (Wildman–Crippen MR) is 66.0 cm³/mol. The van der Waals surface area contributed by atoms with Gasteiger partial charge in [-0.05, 0) is 39.9 Å². The molecule has 0 aromatic heterocycles. The number of hydrogen-bond donors (Lipinski definition) is 0. The van der Waals surface area contributed by atoms with E-state index in [2.05, 4.69) is 16.9 Å². The summed E-state index contributed by atoms with van der Waals surface area (Å²) in [6.07, 6.45) is 2.02. The van der Waals surface area contributed by atoms with Crippen molar-refractivity contribution in [3.8, 4) is 0 Å². The summed E-state index contributed by atoms with van der Waals surface area (Å²) in [4.78, 5) is 18.4. The van der Waals surface area contributed by atoms with Crippen molar-refractivity contribution >= 4 is 23.3 Å². The molecular formula is C11H18N2O2S. The quantitative estimate of drug-likeness (QED) is 0.681. The van der Waals surface area contributed by atoms with E-state index in [1.165, 1.54) is 0 Å². The lowest BCUT2D eigenvalue weighted by molar-refractivity contribution is -0.145. The Balaban J connectivity index is 2.06. The minimum atomic E-state index is -0.286. The lowest BCUT2D eigenvalue weighted by Crippen LogP contribution is -2.49. The van der Waals surface area contributed by atoms with Crippen LogP contribution >= 0.6 is 11.8 Å². The van der Waals surface area contributed by atoms with E-state index in [-0.39, 0.29) is 16.8 Å². The molecule has 0 aromatic rings. The Morgan fingerprint density at radius 3 is 2.94 bits per heavy atom. The second-order valence-corrected chi connectivity index (χ2v) is 5.65. The summed E-state index contributed by atoms with van der Waals surface area (Å²) in [7, 11) is 2.12. The number of likely N-dealkylation sites (tertiary alicyclic amines) is 1. The van der Waals surface area contributed by atoms with Gasteiger partial charge in [-0.3, -0.25) is 4.99 Å². The Kier molecular flexibility index (Phi) is 3.54. The summed E-state index contributed by atoms with van der Waals surface area (Å²) in [5.74, 6) is -0.159. The second-order valence-electron chi connectivity index (χ2n) is 4.39. The zero-order valence-corrected chi connectivity index (χ0v) is 10.6. The second kappa shape index (κ2) is 4.75. The van der Waals surface area contributed by atoms with Crippen LogP contribution in [0.25, 0.3) is 0 Å². The average molecular weight is 242 g/mol. The van der Waals surface area contributed by atoms with Crippen molar-refractivity contribution in [2.24, 2.45) is 4.99 Å². The van der Waals surface area contributed by atoms with Crippen LogP contribution in [0.4, 0.5) is 0 Å². The molecule has 90 valence electrons. The first-order valence-corrected chi connectivity index (χ1v) is 6.60. The third kappa shape index (κ3) is 2.11. The van der Waals surface area contributed by atoms with Crippen LogP contribution in [0, 0.1) is 0 Å². The van der Waals surface area contributed by atoms with Crippen molar-refractivity contribution in [2.75, 3.05) is 26.7 Å². The summed E-state index contributed by atoms with van der Waals surface area (Å²) >= 11 is 1.71. The Bertz CT molecular complexity index is 298. The van der Waals surface area contributed by atoms with Gasteiger partial charge in [0.2, 0.25) is 0 Å². The number of piperidine rings is 1. The van der Waals surface area contributed by atoms with E-state index in [4.69, 9.17) is 4.74 Å². The van der Waals surface area contributed by atoms with E-state index in [9.17, 15) is 4.79 Å². The van der Waals surface area contributed by atoms with Gasteiger partial charge in [0.15, 0.2) is 6.04 Å². The number of ether oxygens (including phenoxy) is 1. The molecule has 1 fully saturated rings. The molecule has 2 rings (SSSR count). The molecule has 5 heteroatoms. The first kappa shape index (κ1) is 11.9. The molecule has 0 amide bonds. The highest BCUT2D eigenvalue weighted by atomic mass is 32.2. The van der Waals surface area contributed by atoms with Crippen molar-refractivity contribution in [2.45, 2.75) is 30.6 Å². The fourth-order valence-corrected chi connectivity index (χ4v) is 3.38. The van der Waals surface area contributed by atoms with E-state index >= 15 is 0 Å². The fourth-order valence-electron chi connectivity index (χ4n) is 2.28. The Hall–Kier alpha value is -0.550. The van der Waals surface area contributed by atoms with Crippen molar-refractivity contribution in [3.63, 3.8) is 0 Å². The van der Waals surface area contributed by atoms with Gasteiger partial charge < -0.3 is 9.64 Å². The van der Waals surface area contributed by atoms with E-state index < -0.39 is 0 Å². The van der Waals surface area contributed by atoms with Gasteiger partial charge in [-0.1, -0.05) is 0 Å². The Morgan fingerprint density at radius 1 is 1.62 bits per heavy atom. The van der Waals surface area contributed by atoms with E-state index in [1.54, 1.807) is 11.8 Å². The topological polar surface area (TPSA) is 41.9 Å². The molecule has 1 saturated heterocycles. The van der Waals surface area contributed by atoms with Crippen molar-refractivity contribution in [3.05, 3.63) is 0 Å². The van der Waals surface area contributed by atoms with Gasteiger partial charge in [-0.25, -0.2) is 4.79 Å². The molecule has 0 saturated carbocycles.